The molecule has 0 radical (unpaired) electrons. The van der Waals surface area contributed by atoms with Gasteiger partial charge in [-0.15, -0.1) is 0 Å². The summed E-state index contributed by atoms with van der Waals surface area (Å²) in [5.41, 5.74) is 8.73. The van der Waals surface area contributed by atoms with Gasteiger partial charge in [-0.2, -0.15) is 0 Å². The molecule has 4 aliphatic rings. The first-order valence-corrected chi connectivity index (χ1v) is 29.7. The summed E-state index contributed by atoms with van der Waals surface area (Å²) in [6.45, 7) is 2.98. The molecule has 7 amide bonds. The maximum atomic E-state index is 14.2. The summed E-state index contributed by atoms with van der Waals surface area (Å²) in [6.07, 6.45) is 6.47. The minimum atomic E-state index is -0.615. The van der Waals surface area contributed by atoms with Gasteiger partial charge in [-0.25, -0.2) is 0 Å². The molecule has 20 heteroatoms. The number of nitrogens with zero attached hydrogens (tertiary/aromatic N) is 2. The Balaban J connectivity index is 0.836. The first-order valence-electron chi connectivity index (χ1n) is 27.3. The van der Waals surface area contributed by atoms with Gasteiger partial charge in [0, 0.05) is 70.7 Å². The molecule has 5 N–H and O–H groups in total. The SMILES string of the molecule is CNC(=O)CCCSSC(C)(C)CCC(=O)NCC(=O)NCC(=O)NCC(=O)Nc1cc(COc2cc3c(cc2OC)C(=O)N2c4ccccc4C[C@H]2CC3)cc(COc2cc3c(cc2OC)C(=O)N2c4ccccc4C[C@H]2CC3)c1. The highest BCUT2D eigenvalue weighted by atomic mass is 33.1. The standard InChI is InChI=1S/C61H69N7O11S2/c1-61(2,81-80-22-10-15-54(69)62-3)21-20-55(70)63-32-56(71)64-33-57(72)65-34-58(73)66-43-24-37(35-78-52-28-39-16-18-44-26-41-11-6-8-13-48(41)67(44)59(74)46(39)30-50(52)76-4)23-38(25-43)36-79-53-29-40-17-19-45-27-42-12-7-9-14-49(42)68(45)60(75)47(40)31-51(53)77-5/h6-9,11-14,23-25,28-31,44-45H,10,15-22,26-27,32-36H2,1-5H3,(H,62,69)(H,63,70)(H,64,71)(H,65,72)(H,66,73)/t44-,45-/m1/s1. The van der Waals surface area contributed by atoms with Gasteiger partial charge in [-0.3, -0.25) is 33.6 Å². The van der Waals surface area contributed by atoms with Gasteiger partial charge in [0.2, 0.25) is 29.5 Å². The van der Waals surface area contributed by atoms with Gasteiger partial charge in [-0.05, 0) is 153 Å². The lowest BCUT2D eigenvalue weighted by Crippen LogP contribution is -2.43. The molecule has 0 fully saturated rings. The second kappa shape index (κ2) is 26.3. The van der Waals surface area contributed by atoms with E-state index >= 15 is 0 Å². The molecular weight excluding hydrogens is 1070 g/mol. The zero-order valence-electron chi connectivity index (χ0n) is 46.3. The van der Waals surface area contributed by atoms with Crippen LogP contribution in [0.2, 0.25) is 0 Å². The lowest BCUT2D eigenvalue weighted by Gasteiger charge is -2.23. The van der Waals surface area contributed by atoms with Gasteiger partial charge < -0.3 is 55.3 Å². The van der Waals surface area contributed by atoms with Crippen molar-refractivity contribution in [1.29, 1.82) is 0 Å². The van der Waals surface area contributed by atoms with E-state index in [0.717, 1.165) is 71.5 Å². The molecule has 0 spiro atoms. The molecule has 0 aromatic heterocycles. The first-order chi connectivity index (χ1) is 39.1. The van der Waals surface area contributed by atoms with Crippen LogP contribution in [0.1, 0.15) is 106 Å². The van der Waals surface area contributed by atoms with Crippen molar-refractivity contribution in [3.63, 3.8) is 0 Å². The quantitative estimate of drug-likeness (QED) is 0.0296. The largest absolute Gasteiger partial charge is 0.493 e. The lowest BCUT2D eigenvalue weighted by molar-refractivity contribution is -0.128. The van der Waals surface area contributed by atoms with E-state index < -0.39 is 30.8 Å². The molecule has 9 rings (SSSR count). The van der Waals surface area contributed by atoms with E-state index in [9.17, 15) is 33.6 Å². The van der Waals surface area contributed by atoms with Crippen LogP contribution in [0.25, 0.3) is 0 Å². The van der Waals surface area contributed by atoms with Crippen LogP contribution in [0, 0.1) is 0 Å². The van der Waals surface area contributed by atoms with Crippen molar-refractivity contribution in [2.24, 2.45) is 0 Å². The van der Waals surface area contributed by atoms with Crippen molar-refractivity contribution in [1.82, 2.24) is 21.3 Å². The van der Waals surface area contributed by atoms with E-state index in [1.807, 2.05) is 78.2 Å². The molecule has 5 aromatic rings. The number of carbonyl (C=O) groups excluding carboxylic acids is 7. The number of hydrogen-bond acceptors (Lipinski definition) is 13. The summed E-state index contributed by atoms with van der Waals surface area (Å²) in [6, 6.07) is 28.8. The smallest absolute Gasteiger partial charge is 0.258 e. The fourth-order valence-electron chi connectivity index (χ4n) is 10.8. The number of anilines is 3. The second-order valence-electron chi connectivity index (χ2n) is 21.2. The van der Waals surface area contributed by atoms with Crippen molar-refractivity contribution in [3.05, 3.63) is 136 Å². The molecule has 18 nitrogen and oxygen atoms in total. The number of para-hydroxylation sites is 2. The number of amides is 7. The molecule has 0 saturated heterocycles. The number of fused-ring (bicyclic) bond motifs is 8. The van der Waals surface area contributed by atoms with Gasteiger partial charge in [0.25, 0.3) is 11.8 Å². The predicted molar refractivity (Wildman–Crippen MR) is 314 cm³/mol. The number of nitrogens with one attached hydrogen (secondary N) is 5. The first kappa shape index (κ1) is 58.0. The third-order valence-electron chi connectivity index (χ3n) is 14.9. The van der Waals surface area contributed by atoms with Crippen LogP contribution >= 0.6 is 21.6 Å². The molecule has 4 heterocycles. The van der Waals surface area contributed by atoms with E-state index in [2.05, 4.69) is 38.7 Å². The van der Waals surface area contributed by atoms with E-state index in [4.69, 9.17) is 18.9 Å². The highest BCUT2D eigenvalue weighted by Gasteiger charge is 2.39. The fourth-order valence-corrected chi connectivity index (χ4v) is 13.4. The number of carbonyl (C=O) groups is 7. The third kappa shape index (κ3) is 14.3. The van der Waals surface area contributed by atoms with Crippen molar-refractivity contribution in [2.45, 2.75) is 108 Å². The van der Waals surface area contributed by atoms with Crippen molar-refractivity contribution < 1.29 is 52.5 Å². The molecule has 4 aliphatic heterocycles. The number of benzene rings is 5. The fraction of sp³-hybridized carbons (Fsp3) is 0.393. The minimum absolute atomic E-state index is 0.00645. The summed E-state index contributed by atoms with van der Waals surface area (Å²) in [5.74, 6) is 0.308. The van der Waals surface area contributed by atoms with Crippen molar-refractivity contribution in [2.75, 3.05) is 61.8 Å². The Morgan fingerprint density at radius 1 is 0.593 bits per heavy atom. The second-order valence-corrected chi connectivity index (χ2v) is 24.3. The number of methoxy groups -OCH3 is 2. The van der Waals surface area contributed by atoms with Crippen LogP contribution < -0.4 is 55.3 Å². The zero-order chi connectivity index (χ0) is 57.2. The van der Waals surface area contributed by atoms with Gasteiger partial charge >= 0.3 is 0 Å². The highest BCUT2D eigenvalue weighted by molar-refractivity contribution is 8.77. The van der Waals surface area contributed by atoms with E-state index in [-0.39, 0.29) is 66.6 Å². The van der Waals surface area contributed by atoms with Gasteiger partial charge in [0.15, 0.2) is 23.0 Å². The maximum absolute atomic E-state index is 14.2. The minimum Gasteiger partial charge on any atom is -0.493 e. The third-order valence-corrected chi connectivity index (χ3v) is 18.4. The molecule has 81 heavy (non-hydrogen) atoms. The van der Waals surface area contributed by atoms with Crippen LogP contribution in [0.5, 0.6) is 23.0 Å². The van der Waals surface area contributed by atoms with Crippen LogP contribution in [-0.4, -0.2) is 105 Å². The van der Waals surface area contributed by atoms with Crippen LogP contribution in [0.15, 0.2) is 91.0 Å². The average Bonchev–Trinajstić information content (AvgIpc) is 4.23. The predicted octanol–water partition coefficient (Wildman–Crippen LogP) is 7.65. The van der Waals surface area contributed by atoms with Crippen molar-refractivity contribution >= 4 is 80.0 Å². The molecule has 0 aliphatic carbocycles. The average molecular weight is 1140 g/mol. The van der Waals surface area contributed by atoms with Crippen LogP contribution in [0.4, 0.5) is 17.1 Å². The topological polar surface area (TPSA) is 223 Å². The Kier molecular flexibility index (Phi) is 18.8. The highest BCUT2D eigenvalue weighted by Crippen LogP contribution is 2.43. The van der Waals surface area contributed by atoms with E-state index in [0.29, 0.717) is 76.6 Å². The molecule has 5 aromatic carbocycles. The normalized spacial score (nSPS) is 15.8. The Bertz CT molecular complexity index is 3070. The summed E-state index contributed by atoms with van der Waals surface area (Å²) < 4.78 is 24.4. The Morgan fingerprint density at radius 2 is 1.09 bits per heavy atom. The summed E-state index contributed by atoms with van der Waals surface area (Å²) in [4.78, 5) is 95.0. The zero-order valence-corrected chi connectivity index (χ0v) is 48.0. The van der Waals surface area contributed by atoms with Gasteiger partial charge in [0.1, 0.15) is 13.2 Å². The van der Waals surface area contributed by atoms with Gasteiger partial charge in [0.05, 0.1) is 33.9 Å². The Morgan fingerprint density at radius 3 is 1.59 bits per heavy atom. The maximum Gasteiger partial charge on any atom is 0.258 e. The number of aryl methyl sites for hydroxylation is 2. The monoisotopic (exact) mass is 1140 g/mol. The summed E-state index contributed by atoms with van der Waals surface area (Å²) in [5, 5.41) is 13.1. The lowest BCUT2D eigenvalue weighted by atomic mass is 9.99. The summed E-state index contributed by atoms with van der Waals surface area (Å²) >= 11 is 0. The van der Waals surface area contributed by atoms with E-state index in [1.54, 1.807) is 52.9 Å². The Labute approximate surface area is 479 Å². The number of hydrogen-bond donors (Lipinski definition) is 5. The molecule has 0 saturated carbocycles. The Hall–Kier alpha value is -7.71. The number of ether oxygens (including phenoxy) is 4. The van der Waals surface area contributed by atoms with Gasteiger partial charge in [-0.1, -0.05) is 58.0 Å². The molecular formula is C61H69N7O11S2. The van der Waals surface area contributed by atoms with Crippen molar-refractivity contribution in [3.8, 4) is 23.0 Å². The molecule has 0 unspecified atom stereocenters. The van der Waals surface area contributed by atoms with E-state index in [1.165, 1.54) is 14.2 Å². The number of rotatable bonds is 24. The van der Waals surface area contributed by atoms with Crippen LogP contribution in [-0.2, 0) is 62.9 Å². The molecule has 2 atom stereocenters. The molecule has 0 bridgehead atoms. The van der Waals surface area contributed by atoms with Crippen LogP contribution in [0.3, 0.4) is 0 Å². The molecule has 426 valence electrons. The summed E-state index contributed by atoms with van der Waals surface area (Å²) in [7, 11) is 7.99.